The molecule has 0 saturated heterocycles. The Labute approximate surface area is 110 Å². The number of nitrogens with two attached hydrogens (primary N) is 1. The Morgan fingerprint density at radius 1 is 1.61 bits per heavy atom. The van der Waals surface area contributed by atoms with Gasteiger partial charge in [0.2, 0.25) is 0 Å². The van der Waals surface area contributed by atoms with Crippen LogP contribution in [0.5, 0.6) is 5.75 Å². The number of benzene rings is 1. The van der Waals surface area contributed by atoms with E-state index in [0.29, 0.717) is 11.5 Å². The Balaban J connectivity index is 2.83. The number of phenols is 1. The molecule has 0 radical (unpaired) electrons. The van der Waals surface area contributed by atoms with Gasteiger partial charge in [0.1, 0.15) is 11.6 Å². The molecular weight excluding hydrogens is 255 g/mol. The lowest BCUT2D eigenvalue weighted by Gasteiger charge is -2.21. The Hall–Kier alpha value is -1.69. The highest BCUT2D eigenvalue weighted by Crippen LogP contribution is 2.16. The zero-order valence-corrected chi connectivity index (χ0v) is 11.0. The van der Waals surface area contributed by atoms with Crippen molar-refractivity contribution < 1.29 is 14.3 Å². The third kappa shape index (κ3) is 3.40. The molecule has 0 spiro atoms. The van der Waals surface area contributed by atoms with Gasteiger partial charge in [0.05, 0.1) is 10.6 Å². The van der Waals surface area contributed by atoms with Gasteiger partial charge < -0.3 is 15.7 Å². The van der Waals surface area contributed by atoms with E-state index in [0.717, 1.165) is 6.07 Å². The predicted octanol–water partition coefficient (Wildman–Crippen LogP) is 1.53. The zero-order chi connectivity index (χ0) is 13.9. The first-order chi connectivity index (χ1) is 8.32. The molecule has 0 aliphatic carbocycles. The summed E-state index contributed by atoms with van der Waals surface area (Å²) in [5, 5.41) is 9.08. The maximum absolute atomic E-state index is 13.5. The van der Waals surface area contributed by atoms with Crippen LogP contribution in [0.3, 0.4) is 0 Å². The number of nitrogens with zero attached hydrogens (tertiary/aromatic N) is 1. The van der Waals surface area contributed by atoms with Crippen molar-refractivity contribution in [2.45, 2.75) is 6.92 Å². The van der Waals surface area contributed by atoms with Crippen LogP contribution in [0.15, 0.2) is 18.2 Å². The van der Waals surface area contributed by atoms with Gasteiger partial charge in [-0.25, -0.2) is 4.39 Å². The van der Waals surface area contributed by atoms with Crippen molar-refractivity contribution in [2.24, 2.45) is 11.7 Å². The molecule has 0 heterocycles. The van der Waals surface area contributed by atoms with Crippen LogP contribution in [0.1, 0.15) is 17.3 Å². The molecule has 0 fully saturated rings. The molecule has 0 bridgehead atoms. The summed E-state index contributed by atoms with van der Waals surface area (Å²) in [5.74, 6) is -1.59. The predicted molar refractivity (Wildman–Crippen MR) is 71.0 cm³/mol. The van der Waals surface area contributed by atoms with Crippen molar-refractivity contribution >= 4 is 23.1 Å². The number of aromatic hydroxyl groups is 1. The van der Waals surface area contributed by atoms with Crippen LogP contribution in [0.2, 0.25) is 0 Å². The van der Waals surface area contributed by atoms with Crippen molar-refractivity contribution in [3.63, 3.8) is 0 Å². The molecule has 1 aromatic carbocycles. The van der Waals surface area contributed by atoms with Crippen LogP contribution < -0.4 is 5.73 Å². The Morgan fingerprint density at radius 3 is 2.72 bits per heavy atom. The standard InChI is InChI=1S/C12H15FN2O2S/c1-7(11(14)18)6-15(2)12(17)9-4-3-8(16)5-10(9)13/h3-5,7,16H,6H2,1-2H3,(H2,14,18). The van der Waals surface area contributed by atoms with E-state index in [9.17, 15) is 9.18 Å². The largest absolute Gasteiger partial charge is 0.508 e. The molecule has 98 valence electrons. The van der Waals surface area contributed by atoms with Crippen LogP contribution >= 0.6 is 12.2 Å². The van der Waals surface area contributed by atoms with Crippen molar-refractivity contribution in [3.8, 4) is 5.75 Å². The SMILES string of the molecule is CC(CN(C)C(=O)c1ccc(O)cc1F)C(N)=S. The summed E-state index contributed by atoms with van der Waals surface area (Å²) in [6.07, 6.45) is 0. The lowest BCUT2D eigenvalue weighted by molar-refractivity contribution is 0.0782. The second-order valence-corrected chi connectivity index (χ2v) is 4.62. The lowest BCUT2D eigenvalue weighted by Crippen LogP contribution is -2.35. The minimum atomic E-state index is -0.755. The summed E-state index contributed by atoms with van der Waals surface area (Å²) in [5.41, 5.74) is 5.37. The maximum atomic E-state index is 13.5. The van der Waals surface area contributed by atoms with Crippen LogP contribution in [0.25, 0.3) is 0 Å². The quantitative estimate of drug-likeness (QED) is 0.814. The normalized spacial score (nSPS) is 11.9. The van der Waals surface area contributed by atoms with E-state index in [-0.39, 0.29) is 17.2 Å². The van der Waals surface area contributed by atoms with Crippen molar-refractivity contribution in [3.05, 3.63) is 29.6 Å². The average molecular weight is 270 g/mol. The fraction of sp³-hybridized carbons (Fsp3) is 0.333. The molecule has 4 nitrogen and oxygen atoms in total. The first-order valence-electron chi connectivity index (χ1n) is 5.36. The molecule has 1 amide bonds. The number of hydrogen-bond acceptors (Lipinski definition) is 3. The molecule has 0 aliphatic heterocycles. The number of carbonyl (C=O) groups excluding carboxylic acids is 1. The summed E-state index contributed by atoms with van der Waals surface area (Å²) in [6.45, 7) is 2.10. The van der Waals surface area contributed by atoms with Crippen molar-refractivity contribution in [1.29, 1.82) is 0 Å². The Kier molecular flexibility index (Phi) is 4.61. The van der Waals surface area contributed by atoms with Gasteiger partial charge in [-0.15, -0.1) is 0 Å². The van der Waals surface area contributed by atoms with Crippen LogP contribution in [-0.4, -0.2) is 34.5 Å². The highest BCUT2D eigenvalue weighted by atomic mass is 32.1. The second kappa shape index (κ2) is 5.77. The summed E-state index contributed by atoms with van der Waals surface area (Å²) in [7, 11) is 1.55. The molecule has 18 heavy (non-hydrogen) atoms. The van der Waals surface area contributed by atoms with E-state index < -0.39 is 11.7 Å². The van der Waals surface area contributed by atoms with Gasteiger partial charge in [-0.2, -0.15) is 0 Å². The molecule has 1 rings (SSSR count). The molecule has 1 unspecified atom stereocenters. The molecular formula is C12H15FN2O2S. The molecule has 1 atom stereocenters. The van der Waals surface area contributed by atoms with Crippen molar-refractivity contribution in [2.75, 3.05) is 13.6 Å². The van der Waals surface area contributed by atoms with Gasteiger partial charge in [0.25, 0.3) is 5.91 Å². The first kappa shape index (κ1) is 14.4. The number of rotatable bonds is 4. The minimum Gasteiger partial charge on any atom is -0.508 e. The maximum Gasteiger partial charge on any atom is 0.256 e. The van der Waals surface area contributed by atoms with Crippen LogP contribution in [0, 0.1) is 11.7 Å². The van der Waals surface area contributed by atoms with Gasteiger partial charge in [-0.1, -0.05) is 19.1 Å². The molecule has 3 N–H and O–H groups in total. The number of halogens is 1. The topological polar surface area (TPSA) is 66.6 Å². The summed E-state index contributed by atoms with van der Waals surface area (Å²) < 4.78 is 13.5. The fourth-order valence-electron chi connectivity index (χ4n) is 1.47. The van der Waals surface area contributed by atoms with Gasteiger partial charge in [-0.05, 0) is 12.1 Å². The molecule has 0 aromatic heterocycles. The summed E-state index contributed by atoms with van der Waals surface area (Å²) in [6, 6.07) is 3.41. The smallest absolute Gasteiger partial charge is 0.256 e. The van der Waals surface area contributed by atoms with Gasteiger partial charge in [0.15, 0.2) is 0 Å². The second-order valence-electron chi connectivity index (χ2n) is 4.15. The number of thiocarbonyl (C=S) groups is 1. The Morgan fingerprint density at radius 2 is 2.22 bits per heavy atom. The van der Waals surface area contributed by atoms with Crippen LogP contribution in [0.4, 0.5) is 4.39 Å². The first-order valence-corrected chi connectivity index (χ1v) is 5.77. The van der Waals surface area contributed by atoms with E-state index in [2.05, 4.69) is 0 Å². The lowest BCUT2D eigenvalue weighted by atomic mass is 10.1. The highest BCUT2D eigenvalue weighted by Gasteiger charge is 2.19. The average Bonchev–Trinajstić information content (AvgIpc) is 2.27. The summed E-state index contributed by atoms with van der Waals surface area (Å²) >= 11 is 4.82. The zero-order valence-electron chi connectivity index (χ0n) is 10.2. The fourth-order valence-corrected chi connectivity index (χ4v) is 1.54. The summed E-state index contributed by atoms with van der Waals surface area (Å²) in [4.78, 5) is 13.6. The van der Waals surface area contributed by atoms with E-state index in [4.69, 9.17) is 23.1 Å². The third-order valence-corrected chi connectivity index (χ3v) is 2.97. The molecule has 1 aromatic rings. The molecule has 6 heteroatoms. The molecule has 0 aliphatic rings. The monoisotopic (exact) mass is 270 g/mol. The third-order valence-electron chi connectivity index (χ3n) is 2.56. The highest BCUT2D eigenvalue weighted by molar-refractivity contribution is 7.80. The van der Waals surface area contributed by atoms with E-state index >= 15 is 0 Å². The molecule has 0 saturated carbocycles. The van der Waals surface area contributed by atoms with Gasteiger partial charge >= 0.3 is 0 Å². The Bertz CT molecular complexity index is 479. The number of phenolic OH excluding ortho intramolecular Hbond substituents is 1. The van der Waals surface area contributed by atoms with E-state index in [1.54, 1.807) is 14.0 Å². The number of carbonyl (C=O) groups is 1. The van der Waals surface area contributed by atoms with E-state index in [1.807, 2.05) is 0 Å². The van der Waals surface area contributed by atoms with Crippen molar-refractivity contribution in [1.82, 2.24) is 4.90 Å². The number of hydrogen-bond donors (Lipinski definition) is 2. The van der Waals surface area contributed by atoms with Gasteiger partial charge in [0, 0.05) is 25.6 Å². The number of amides is 1. The minimum absolute atomic E-state index is 0.0922. The van der Waals surface area contributed by atoms with Gasteiger partial charge in [-0.3, -0.25) is 4.79 Å². The van der Waals surface area contributed by atoms with E-state index in [1.165, 1.54) is 17.0 Å². The van der Waals surface area contributed by atoms with Crippen LogP contribution in [-0.2, 0) is 0 Å².